The topological polar surface area (TPSA) is 74.8 Å². The van der Waals surface area contributed by atoms with E-state index in [1.165, 1.54) is 37.7 Å². The number of likely N-dealkylation sites (tertiary alicyclic amines) is 1. The Morgan fingerprint density at radius 1 is 1.04 bits per heavy atom. The number of nitrogens with zero attached hydrogens (tertiary/aromatic N) is 4. The first-order valence-corrected chi connectivity index (χ1v) is 10.3. The Morgan fingerprint density at radius 2 is 1.74 bits per heavy atom. The monoisotopic (exact) mass is 367 g/mol. The summed E-state index contributed by atoms with van der Waals surface area (Å²) in [4.78, 5) is 30.7. The third kappa shape index (κ3) is 4.61. The predicted molar refractivity (Wildman–Crippen MR) is 105 cm³/mol. The molecule has 0 aromatic carbocycles. The van der Waals surface area contributed by atoms with Crippen LogP contribution in [0.15, 0.2) is 23.3 Å². The van der Waals surface area contributed by atoms with E-state index >= 15 is 0 Å². The van der Waals surface area contributed by atoms with Crippen LogP contribution in [0.2, 0.25) is 0 Å². The number of aryl methyl sites for hydroxylation is 1. The number of hydrogen-bond donors (Lipinski definition) is 1. The van der Waals surface area contributed by atoms with Crippen LogP contribution in [0.1, 0.15) is 79.7 Å². The molecule has 1 aliphatic heterocycles. The lowest BCUT2D eigenvalue weighted by Gasteiger charge is -2.31. The van der Waals surface area contributed by atoms with Gasteiger partial charge in [-0.2, -0.15) is 0 Å². The lowest BCUT2D eigenvalue weighted by atomic mass is 9.89. The minimum Gasteiger partial charge on any atom is -0.311 e. The van der Waals surface area contributed by atoms with Gasteiger partial charge in [0.05, 0.1) is 5.69 Å². The second kappa shape index (κ2) is 8.30. The van der Waals surface area contributed by atoms with Crippen LogP contribution in [-0.4, -0.2) is 37.9 Å². The lowest BCUT2D eigenvalue weighted by molar-refractivity contribution is 0.202. The zero-order valence-electron chi connectivity index (χ0n) is 16.2. The summed E-state index contributed by atoms with van der Waals surface area (Å²) in [6.45, 7) is 4.78. The SMILES string of the molecule is Cc1nc(C2CCN(Cc3cnc(C4CCCCC4)nc3)CC2)cc(=O)[nH]1. The number of H-pyrrole nitrogens is 1. The van der Waals surface area contributed by atoms with Gasteiger partial charge >= 0.3 is 0 Å². The van der Waals surface area contributed by atoms with Gasteiger partial charge in [0.25, 0.3) is 5.56 Å². The molecule has 6 heteroatoms. The average Bonchev–Trinajstić information content (AvgIpc) is 2.69. The third-order valence-corrected chi connectivity index (χ3v) is 5.99. The summed E-state index contributed by atoms with van der Waals surface area (Å²) in [5, 5.41) is 0. The average molecular weight is 367 g/mol. The molecule has 27 heavy (non-hydrogen) atoms. The summed E-state index contributed by atoms with van der Waals surface area (Å²) in [6.07, 6.45) is 12.6. The lowest BCUT2D eigenvalue weighted by Crippen LogP contribution is -2.33. The highest BCUT2D eigenvalue weighted by Gasteiger charge is 2.23. The van der Waals surface area contributed by atoms with E-state index in [0.717, 1.165) is 44.0 Å². The summed E-state index contributed by atoms with van der Waals surface area (Å²) in [5.41, 5.74) is 2.09. The van der Waals surface area contributed by atoms with E-state index in [9.17, 15) is 4.79 Å². The maximum absolute atomic E-state index is 11.7. The minimum absolute atomic E-state index is 0.0462. The van der Waals surface area contributed by atoms with Gasteiger partial charge in [-0.3, -0.25) is 9.69 Å². The summed E-state index contributed by atoms with van der Waals surface area (Å²) in [5.74, 6) is 2.68. The fraction of sp³-hybridized carbons (Fsp3) is 0.619. The molecule has 2 aromatic heterocycles. The summed E-state index contributed by atoms with van der Waals surface area (Å²) >= 11 is 0. The van der Waals surface area contributed by atoms with Crippen molar-refractivity contribution in [2.24, 2.45) is 0 Å². The van der Waals surface area contributed by atoms with Gasteiger partial charge in [0.1, 0.15) is 11.6 Å². The molecule has 6 nitrogen and oxygen atoms in total. The molecule has 1 saturated heterocycles. The van der Waals surface area contributed by atoms with Crippen molar-refractivity contribution in [1.82, 2.24) is 24.8 Å². The Labute approximate surface area is 160 Å². The van der Waals surface area contributed by atoms with Crippen molar-refractivity contribution in [3.63, 3.8) is 0 Å². The van der Waals surface area contributed by atoms with E-state index in [1.54, 1.807) is 6.07 Å². The number of aromatic amines is 1. The molecule has 0 spiro atoms. The first kappa shape index (κ1) is 18.3. The van der Waals surface area contributed by atoms with Crippen molar-refractivity contribution in [3.8, 4) is 0 Å². The van der Waals surface area contributed by atoms with Crippen LogP contribution in [0.25, 0.3) is 0 Å². The van der Waals surface area contributed by atoms with Crippen LogP contribution < -0.4 is 5.56 Å². The normalized spacial score (nSPS) is 20.0. The summed E-state index contributed by atoms with van der Waals surface area (Å²) in [7, 11) is 0. The van der Waals surface area contributed by atoms with Crippen molar-refractivity contribution >= 4 is 0 Å². The highest BCUT2D eigenvalue weighted by atomic mass is 16.1. The molecular formula is C21H29N5O. The number of nitrogens with one attached hydrogen (secondary N) is 1. The zero-order chi connectivity index (χ0) is 18.6. The molecule has 1 saturated carbocycles. The highest BCUT2D eigenvalue weighted by molar-refractivity contribution is 5.11. The fourth-order valence-electron chi connectivity index (χ4n) is 4.47. The quantitative estimate of drug-likeness (QED) is 0.897. The van der Waals surface area contributed by atoms with Crippen LogP contribution >= 0.6 is 0 Å². The Balaban J connectivity index is 1.31. The largest absolute Gasteiger partial charge is 0.311 e. The molecule has 3 heterocycles. The fourth-order valence-corrected chi connectivity index (χ4v) is 4.47. The Morgan fingerprint density at radius 3 is 2.41 bits per heavy atom. The van der Waals surface area contributed by atoms with Gasteiger partial charge in [0.2, 0.25) is 0 Å². The predicted octanol–water partition coefficient (Wildman–Crippen LogP) is 3.30. The van der Waals surface area contributed by atoms with Crippen LogP contribution in [-0.2, 0) is 6.54 Å². The zero-order valence-corrected chi connectivity index (χ0v) is 16.2. The van der Waals surface area contributed by atoms with E-state index in [-0.39, 0.29) is 5.56 Å². The van der Waals surface area contributed by atoms with Crippen molar-refractivity contribution in [2.75, 3.05) is 13.1 Å². The number of piperidine rings is 1. The first-order chi connectivity index (χ1) is 13.2. The van der Waals surface area contributed by atoms with Crippen molar-refractivity contribution < 1.29 is 0 Å². The molecule has 144 valence electrons. The number of aromatic nitrogens is 4. The standard InChI is InChI=1S/C21H29N5O/c1-15-24-19(11-20(27)25-15)17-7-9-26(10-8-17)14-16-12-22-21(23-13-16)18-5-3-2-4-6-18/h11-13,17-18H,2-10,14H2,1H3,(H,24,25,27). The van der Waals surface area contributed by atoms with E-state index in [0.29, 0.717) is 17.7 Å². The van der Waals surface area contributed by atoms with Crippen LogP contribution in [0.4, 0.5) is 0 Å². The second-order valence-corrected chi connectivity index (χ2v) is 8.09. The van der Waals surface area contributed by atoms with E-state index in [1.807, 2.05) is 19.3 Å². The van der Waals surface area contributed by atoms with Gasteiger partial charge in [0.15, 0.2) is 0 Å². The maximum Gasteiger partial charge on any atom is 0.251 e. The Kier molecular flexibility index (Phi) is 5.62. The molecule has 0 bridgehead atoms. The molecule has 2 fully saturated rings. The van der Waals surface area contributed by atoms with Crippen molar-refractivity contribution in [1.29, 1.82) is 0 Å². The van der Waals surface area contributed by atoms with Gasteiger partial charge in [0, 0.05) is 42.4 Å². The molecule has 0 amide bonds. The van der Waals surface area contributed by atoms with Gasteiger partial charge in [-0.15, -0.1) is 0 Å². The molecule has 0 atom stereocenters. The maximum atomic E-state index is 11.7. The molecule has 2 aromatic rings. The number of rotatable bonds is 4. The smallest absolute Gasteiger partial charge is 0.251 e. The third-order valence-electron chi connectivity index (χ3n) is 5.99. The summed E-state index contributed by atoms with van der Waals surface area (Å²) < 4.78 is 0. The molecule has 2 aliphatic rings. The minimum atomic E-state index is -0.0462. The Hall–Kier alpha value is -2.08. The van der Waals surface area contributed by atoms with Gasteiger partial charge in [-0.25, -0.2) is 15.0 Å². The molecule has 1 N–H and O–H groups in total. The van der Waals surface area contributed by atoms with Gasteiger partial charge in [-0.05, 0) is 45.7 Å². The molecular weight excluding hydrogens is 338 g/mol. The Bertz CT molecular complexity index is 802. The van der Waals surface area contributed by atoms with Crippen LogP contribution in [0.3, 0.4) is 0 Å². The van der Waals surface area contributed by atoms with Gasteiger partial charge in [-0.1, -0.05) is 19.3 Å². The molecule has 0 unspecified atom stereocenters. The van der Waals surface area contributed by atoms with Crippen LogP contribution in [0, 0.1) is 6.92 Å². The first-order valence-electron chi connectivity index (χ1n) is 10.3. The van der Waals surface area contributed by atoms with E-state index < -0.39 is 0 Å². The molecule has 1 aliphatic carbocycles. The van der Waals surface area contributed by atoms with Crippen LogP contribution in [0.5, 0.6) is 0 Å². The van der Waals surface area contributed by atoms with E-state index in [2.05, 4.69) is 24.8 Å². The molecule has 0 radical (unpaired) electrons. The van der Waals surface area contributed by atoms with E-state index in [4.69, 9.17) is 0 Å². The number of hydrogen-bond acceptors (Lipinski definition) is 5. The van der Waals surface area contributed by atoms with Crippen molar-refractivity contribution in [3.05, 3.63) is 51.7 Å². The highest BCUT2D eigenvalue weighted by Crippen LogP contribution is 2.30. The summed E-state index contributed by atoms with van der Waals surface area (Å²) in [6, 6.07) is 1.66. The molecule has 4 rings (SSSR count). The second-order valence-electron chi connectivity index (χ2n) is 8.09. The van der Waals surface area contributed by atoms with Gasteiger partial charge < -0.3 is 4.98 Å². The van der Waals surface area contributed by atoms with Crippen molar-refractivity contribution in [2.45, 2.75) is 70.3 Å².